The van der Waals surface area contributed by atoms with Crippen LogP contribution in [-0.2, 0) is 14.8 Å². The molecule has 7 heteroatoms. The summed E-state index contributed by atoms with van der Waals surface area (Å²) in [7, 11) is -0.956. The highest BCUT2D eigenvalue weighted by Gasteiger charge is 2.19. The zero-order valence-corrected chi connectivity index (χ0v) is 11.3. The normalized spacial score (nSPS) is 13.3. The number of methoxy groups -OCH3 is 2. The van der Waals surface area contributed by atoms with Gasteiger partial charge in [0, 0.05) is 19.2 Å². The van der Waals surface area contributed by atoms with Crippen molar-refractivity contribution in [3.63, 3.8) is 0 Å². The maximum atomic E-state index is 13.2. The minimum atomic E-state index is -3.71. The third-order valence-corrected chi connectivity index (χ3v) is 3.79. The Morgan fingerprint density at radius 1 is 1.39 bits per heavy atom. The van der Waals surface area contributed by atoms with E-state index >= 15 is 0 Å². The summed E-state index contributed by atoms with van der Waals surface area (Å²) in [6.45, 7) is 1.92. The third kappa shape index (κ3) is 3.66. The monoisotopic (exact) mass is 277 g/mol. The molecule has 0 radical (unpaired) electrons. The molecule has 0 aliphatic rings. The van der Waals surface area contributed by atoms with Crippen molar-refractivity contribution in [2.75, 3.05) is 20.8 Å². The molecule has 1 atom stereocenters. The van der Waals surface area contributed by atoms with Crippen LogP contribution in [0.3, 0.4) is 0 Å². The van der Waals surface area contributed by atoms with E-state index in [0.29, 0.717) is 0 Å². The van der Waals surface area contributed by atoms with Crippen LogP contribution in [0.1, 0.15) is 6.92 Å². The molecule has 0 saturated heterocycles. The predicted molar refractivity (Wildman–Crippen MR) is 64.6 cm³/mol. The van der Waals surface area contributed by atoms with E-state index in [0.717, 1.165) is 12.1 Å². The van der Waals surface area contributed by atoms with E-state index in [-0.39, 0.29) is 23.3 Å². The molecule has 0 aromatic heterocycles. The molecule has 0 fully saturated rings. The molecule has 0 aliphatic heterocycles. The van der Waals surface area contributed by atoms with Crippen LogP contribution in [0.15, 0.2) is 23.1 Å². The summed E-state index contributed by atoms with van der Waals surface area (Å²) in [6, 6.07) is 2.99. The molecular weight excluding hydrogens is 261 g/mol. The van der Waals surface area contributed by atoms with Crippen molar-refractivity contribution >= 4 is 10.0 Å². The lowest BCUT2D eigenvalue weighted by atomic mass is 10.3. The van der Waals surface area contributed by atoms with E-state index in [1.165, 1.54) is 20.3 Å². The molecule has 0 bridgehead atoms. The van der Waals surface area contributed by atoms with Gasteiger partial charge in [0.05, 0.1) is 18.6 Å². The van der Waals surface area contributed by atoms with E-state index in [1.54, 1.807) is 6.92 Å². The van der Waals surface area contributed by atoms with Crippen LogP contribution in [0.4, 0.5) is 4.39 Å². The highest BCUT2D eigenvalue weighted by atomic mass is 32.2. The predicted octanol–water partition coefficient (Wildman–Crippen LogP) is 1.15. The fourth-order valence-electron chi connectivity index (χ4n) is 1.42. The first-order valence-corrected chi connectivity index (χ1v) is 6.74. The summed E-state index contributed by atoms with van der Waals surface area (Å²) in [5, 5.41) is 0. The molecule has 0 aliphatic carbocycles. The molecule has 0 heterocycles. The van der Waals surface area contributed by atoms with E-state index in [4.69, 9.17) is 9.47 Å². The Kier molecular flexibility index (Phi) is 5.06. The summed E-state index contributed by atoms with van der Waals surface area (Å²) in [4.78, 5) is -0.0521. The van der Waals surface area contributed by atoms with Crippen molar-refractivity contribution in [2.24, 2.45) is 0 Å². The fourth-order valence-corrected chi connectivity index (χ4v) is 2.67. The lowest BCUT2D eigenvalue weighted by molar-refractivity contribution is 0.180. The minimum absolute atomic E-state index is 0.0521. The number of hydrogen-bond donors (Lipinski definition) is 1. The van der Waals surface area contributed by atoms with E-state index in [2.05, 4.69) is 4.72 Å². The Balaban J connectivity index is 2.98. The zero-order valence-electron chi connectivity index (χ0n) is 10.4. The minimum Gasteiger partial charge on any atom is -0.494 e. The summed E-state index contributed by atoms with van der Waals surface area (Å²) < 4.78 is 49.1. The van der Waals surface area contributed by atoms with Gasteiger partial charge in [0.15, 0.2) is 11.6 Å². The molecule has 5 nitrogen and oxygen atoms in total. The van der Waals surface area contributed by atoms with Crippen LogP contribution in [0.25, 0.3) is 0 Å². The van der Waals surface area contributed by atoms with Gasteiger partial charge in [-0.25, -0.2) is 17.5 Å². The zero-order chi connectivity index (χ0) is 13.8. The molecule has 1 rings (SSSR count). The quantitative estimate of drug-likeness (QED) is 0.847. The number of sulfonamides is 1. The van der Waals surface area contributed by atoms with Gasteiger partial charge in [0.25, 0.3) is 0 Å². The van der Waals surface area contributed by atoms with E-state index in [9.17, 15) is 12.8 Å². The molecule has 1 aromatic rings. The van der Waals surface area contributed by atoms with E-state index in [1.807, 2.05) is 0 Å². The first-order chi connectivity index (χ1) is 8.40. The van der Waals surface area contributed by atoms with Crippen LogP contribution in [-0.4, -0.2) is 35.3 Å². The van der Waals surface area contributed by atoms with Gasteiger partial charge in [-0.1, -0.05) is 0 Å². The number of rotatable bonds is 6. The summed E-state index contributed by atoms with van der Waals surface area (Å²) >= 11 is 0. The lowest BCUT2D eigenvalue weighted by Gasteiger charge is -2.13. The largest absolute Gasteiger partial charge is 0.494 e. The van der Waals surface area contributed by atoms with Gasteiger partial charge in [-0.05, 0) is 19.1 Å². The second kappa shape index (κ2) is 6.12. The van der Waals surface area contributed by atoms with Gasteiger partial charge in [0.2, 0.25) is 10.0 Å². The second-order valence-corrected chi connectivity index (χ2v) is 5.49. The van der Waals surface area contributed by atoms with E-state index < -0.39 is 15.8 Å². The maximum Gasteiger partial charge on any atom is 0.241 e. The Morgan fingerprint density at radius 2 is 2.06 bits per heavy atom. The Bertz CT molecular complexity index is 504. The standard InChI is InChI=1S/C11H16FNO4S/c1-8(7-16-2)13-18(14,15)9-4-5-10(12)11(6-9)17-3/h4-6,8,13H,7H2,1-3H3/t8-/m1/s1. The molecule has 1 N–H and O–H groups in total. The van der Waals surface area contributed by atoms with Gasteiger partial charge in [-0.15, -0.1) is 0 Å². The SMILES string of the molecule is COC[C@@H](C)NS(=O)(=O)c1ccc(F)c(OC)c1. The first kappa shape index (κ1) is 14.9. The van der Waals surface area contributed by atoms with Crippen molar-refractivity contribution in [2.45, 2.75) is 17.9 Å². The van der Waals surface area contributed by atoms with Crippen LogP contribution >= 0.6 is 0 Å². The Morgan fingerprint density at radius 3 is 2.61 bits per heavy atom. The van der Waals surface area contributed by atoms with Crippen LogP contribution in [0, 0.1) is 5.82 Å². The summed E-state index contributed by atoms with van der Waals surface area (Å²) in [6.07, 6.45) is 0. The number of benzene rings is 1. The molecular formula is C11H16FNO4S. The van der Waals surface area contributed by atoms with Gasteiger partial charge in [-0.3, -0.25) is 0 Å². The van der Waals surface area contributed by atoms with Crippen molar-refractivity contribution < 1.29 is 22.3 Å². The lowest BCUT2D eigenvalue weighted by Crippen LogP contribution is -2.35. The molecule has 18 heavy (non-hydrogen) atoms. The Hall–Kier alpha value is -1.18. The van der Waals surface area contributed by atoms with Crippen molar-refractivity contribution in [1.82, 2.24) is 4.72 Å². The van der Waals surface area contributed by atoms with Crippen molar-refractivity contribution in [3.05, 3.63) is 24.0 Å². The smallest absolute Gasteiger partial charge is 0.241 e. The van der Waals surface area contributed by atoms with Crippen LogP contribution < -0.4 is 9.46 Å². The van der Waals surface area contributed by atoms with Gasteiger partial charge >= 0.3 is 0 Å². The van der Waals surface area contributed by atoms with Gasteiger partial charge < -0.3 is 9.47 Å². The average molecular weight is 277 g/mol. The molecule has 0 unspecified atom stereocenters. The number of nitrogens with one attached hydrogen (secondary N) is 1. The summed E-state index contributed by atoms with van der Waals surface area (Å²) in [5.41, 5.74) is 0. The number of halogens is 1. The number of ether oxygens (including phenoxy) is 2. The molecule has 102 valence electrons. The molecule has 0 amide bonds. The van der Waals surface area contributed by atoms with Crippen LogP contribution in [0.5, 0.6) is 5.75 Å². The van der Waals surface area contributed by atoms with Gasteiger partial charge in [-0.2, -0.15) is 0 Å². The van der Waals surface area contributed by atoms with Crippen LogP contribution in [0.2, 0.25) is 0 Å². The topological polar surface area (TPSA) is 64.6 Å². The number of hydrogen-bond acceptors (Lipinski definition) is 4. The summed E-state index contributed by atoms with van der Waals surface area (Å²) in [5.74, 6) is -0.723. The van der Waals surface area contributed by atoms with Crippen molar-refractivity contribution in [3.8, 4) is 5.75 Å². The average Bonchev–Trinajstić information content (AvgIpc) is 2.28. The maximum absolute atomic E-state index is 13.2. The van der Waals surface area contributed by atoms with Crippen molar-refractivity contribution in [1.29, 1.82) is 0 Å². The third-order valence-electron chi connectivity index (χ3n) is 2.21. The molecule has 1 aromatic carbocycles. The highest BCUT2D eigenvalue weighted by molar-refractivity contribution is 7.89. The second-order valence-electron chi connectivity index (χ2n) is 3.77. The fraction of sp³-hybridized carbons (Fsp3) is 0.455. The molecule has 0 saturated carbocycles. The van der Waals surface area contributed by atoms with Gasteiger partial charge in [0.1, 0.15) is 0 Å². The Labute approximate surface area is 106 Å². The first-order valence-electron chi connectivity index (χ1n) is 5.25. The highest BCUT2D eigenvalue weighted by Crippen LogP contribution is 2.21. The molecule has 0 spiro atoms.